The maximum atomic E-state index is 12.8. The van der Waals surface area contributed by atoms with Crippen LogP contribution in [0.5, 0.6) is 0 Å². The highest BCUT2D eigenvalue weighted by atomic mass is 127. The Balaban J connectivity index is 2.27. The van der Waals surface area contributed by atoms with Gasteiger partial charge in [-0.15, -0.1) is 0 Å². The molecule has 1 heterocycles. The molecule has 4 nitrogen and oxygen atoms in total. The second kappa shape index (κ2) is 5.90. The summed E-state index contributed by atoms with van der Waals surface area (Å²) in [5.41, 5.74) is -0.640. The van der Waals surface area contributed by atoms with E-state index in [4.69, 9.17) is 5.26 Å². The zero-order chi connectivity index (χ0) is 17.5. The van der Waals surface area contributed by atoms with E-state index in [2.05, 4.69) is 4.98 Å². The molecule has 24 heavy (non-hydrogen) atoms. The number of benzene rings is 2. The van der Waals surface area contributed by atoms with Crippen molar-refractivity contribution in [2.75, 3.05) is 0 Å². The van der Waals surface area contributed by atoms with Gasteiger partial charge in [0.1, 0.15) is 6.33 Å². The molecule has 0 aliphatic heterocycles. The number of hydrogen-bond acceptors (Lipinski definition) is 3. The van der Waals surface area contributed by atoms with Crippen molar-refractivity contribution in [3.63, 3.8) is 0 Å². The molecule has 0 saturated heterocycles. The molecule has 0 radical (unpaired) electrons. The number of alkyl halides is 3. The van der Waals surface area contributed by atoms with E-state index in [1.807, 2.05) is 28.7 Å². The lowest BCUT2D eigenvalue weighted by Crippen LogP contribution is -2.20. The summed E-state index contributed by atoms with van der Waals surface area (Å²) in [5, 5.41) is 9.20. The predicted octanol–water partition coefficient (Wildman–Crippen LogP) is 3.88. The minimum Gasteiger partial charge on any atom is -0.268 e. The SMILES string of the molecule is N#Cc1cc(I)c2ncn(-c3cccc(C(F)(F)F)c3)c(=O)c2c1. The van der Waals surface area contributed by atoms with E-state index < -0.39 is 17.3 Å². The number of rotatable bonds is 1. The van der Waals surface area contributed by atoms with Crippen LogP contribution in [0, 0.1) is 14.9 Å². The van der Waals surface area contributed by atoms with Crippen molar-refractivity contribution in [1.29, 1.82) is 5.26 Å². The normalized spacial score (nSPS) is 11.5. The van der Waals surface area contributed by atoms with Gasteiger partial charge in [-0.1, -0.05) is 6.07 Å². The fourth-order valence-electron chi connectivity index (χ4n) is 2.27. The lowest BCUT2D eigenvalue weighted by molar-refractivity contribution is -0.137. The Labute approximate surface area is 147 Å². The van der Waals surface area contributed by atoms with Crippen LogP contribution in [0.4, 0.5) is 13.2 Å². The molecule has 0 unspecified atom stereocenters. The van der Waals surface area contributed by atoms with E-state index in [9.17, 15) is 18.0 Å². The van der Waals surface area contributed by atoms with E-state index >= 15 is 0 Å². The zero-order valence-electron chi connectivity index (χ0n) is 11.8. The van der Waals surface area contributed by atoms with E-state index in [0.29, 0.717) is 9.09 Å². The van der Waals surface area contributed by atoms with E-state index in [1.165, 1.54) is 24.5 Å². The zero-order valence-corrected chi connectivity index (χ0v) is 14.0. The molecular weight excluding hydrogens is 434 g/mol. The van der Waals surface area contributed by atoms with Crippen molar-refractivity contribution in [2.45, 2.75) is 6.18 Å². The Hall–Kier alpha value is -2.41. The van der Waals surface area contributed by atoms with Gasteiger partial charge in [-0.3, -0.25) is 9.36 Å². The molecule has 1 aromatic heterocycles. The Morgan fingerprint density at radius 3 is 2.62 bits per heavy atom. The highest BCUT2D eigenvalue weighted by molar-refractivity contribution is 14.1. The van der Waals surface area contributed by atoms with Crippen LogP contribution < -0.4 is 5.56 Å². The van der Waals surface area contributed by atoms with Gasteiger partial charge in [0.15, 0.2) is 0 Å². The van der Waals surface area contributed by atoms with Crippen LogP contribution in [0.1, 0.15) is 11.1 Å². The minimum atomic E-state index is -4.51. The van der Waals surface area contributed by atoms with Crippen molar-refractivity contribution >= 4 is 33.5 Å². The van der Waals surface area contributed by atoms with Crippen molar-refractivity contribution in [1.82, 2.24) is 9.55 Å². The highest BCUT2D eigenvalue weighted by Crippen LogP contribution is 2.30. The van der Waals surface area contributed by atoms with Gasteiger partial charge in [0.2, 0.25) is 0 Å². The van der Waals surface area contributed by atoms with E-state index in [-0.39, 0.29) is 16.6 Å². The first kappa shape index (κ1) is 16.4. The summed E-state index contributed by atoms with van der Waals surface area (Å²) in [6.07, 6.45) is -3.32. The summed E-state index contributed by atoms with van der Waals surface area (Å²) in [4.78, 5) is 16.8. The summed E-state index contributed by atoms with van der Waals surface area (Å²) in [5.74, 6) is 0. The van der Waals surface area contributed by atoms with E-state index in [1.54, 1.807) is 6.07 Å². The summed E-state index contributed by atoms with van der Waals surface area (Å²) < 4.78 is 40.2. The van der Waals surface area contributed by atoms with Crippen molar-refractivity contribution in [3.8, 4) is 11.8 Å². The van der Waals surface area contributed by atoms with Crippen molar-refractivity contribution < 1.29 is 13.2 Å². The molecule has 120 valence electrons. The first-order valence-electron chi connectivity index (χ1n) is 6.60. The standard InChI is InChI=1S/C16H7F3IN3O/c17-16(18,19)10-2-1-3-11(6-10)23-8-22-14-12(15(23)24)4-9(7-21)5-13(14)20/h1-6,8H. The average molecular weight is 441 g/mol. The molecule has 3 rings (SSSR count). The summed E-state index contributed by atoms with van der Waals surface area (Å²) in [6, 6.07) is 9.35. The third-order valence-electron chi connectivity index (χ3n) is 3.40. The molecule has 8 heteroatoms. The number of aromatic nitrogens is 2. The minimum absolute atomic E-state index is 0.0570. The average Bonchev–Trinajstić information content (AvgIpc) is 2.55. The third kappa shape index (κ3) is 2.87. The summed E-state index contributed by atoms with van der Waals surface area (Å²) in [6.45, 7) is 0. The number of halogens is 4. The van der Waals surface area contributed by atoms with Gasteiger partial charge in [-0.2, -0.15) is 18.4 Å². The number of fused-ring (bicyclic) bond motifs is 1. The maximum absolute atomic E-state index is 12.8. The van der Waals surface area contributed by atoms with Crippen LogP contribution >= 0.6 is 22.6 Å². The smallest absolute Gasteiger partial charge is 0.268 e. The van der Waals surface area contributed by atoms with Gasteiger partial charge in [0, 0.05) is 3.57 Å². The molecule has 0 fully saturated rings. The molecule has 0 N–H and O–H groups in total. The van der Waals surface area contributed by atoms with Gasteiger partial charge in [0.25, 0.3) is 5.56 Å². The molecule has 3 aromatic rings. The van der Waals surface area contributed by atoms with Crippen LogP contribution in [-0.2, 0) is 6.18 Å². The first-order chi connectivity index (χ1) is 11.3. The predicted molar refractivity (Wildman–Crippen MR) is 89.8 cm³/mol. The van der Waals surface area contributed by atoms with Crippen LogP contribution in [0.15, 0.2) is 47.5 Å². The largest absolute Gasteiger partial charge is 0.416 e. The molecule has 0 bridgehead atoms. The van der Waals surface area contributed by atoms with Crippen LogP contribution in [0.3, 0.4) is 0 Å². The fraction of sp³-hybridized carbons (Fsp3) is 0.0625. The second-order valence-corrected chi connectivity index (χ2v) is 6.10. The van der Waals surface area contributed by atoms with Crippen molar-refractivity contribution in [3.05, 3.63) is 67.8 Å². The fourth-order valence-corrected chi connectivity index (χ4v) is 3.04. The molecule has 0 aliphatic carbocycles. The van der Waals surface area contributed by atoms with Gasteiger partial charge in [0.05, 0.1) is 33.8 Å². The van der Waals surface area contributed by atoms with Gasteiger partial charge in [-0.25, -0.2) is 4.98 Å². The molecular formula is C16H7F3IN3O. The van der Waals surface area contributed by atoms with Crippen LogP contribution in [-0.4, -0.2) is 9.55 Å². The summed E-state index contributed by atoms with van der Waals surface area (Å²) in [7, 11) is 0. The number of nitrogens with zero attached hydrogens (tertiary/aromatic N) is 3. The molecule has 0 amide bonds. The number of nitriles is 1. The van der Waals surface area contributed by atoms with Crippen LogP contribution in [0.25, 0.3) is 16.6 Å². The Kier molecular flexibility index (Phi) is 4.04. The Morgan fingerprint density at radius 2 is 1.96 bits per heavy atom. The molecule has 2 aromatic carbocycles. The molecule has 0 atom stereocenters. The topological polar surface area (TPSA) is 58.7 Å². The van der Waals surface area contributed by atoms with Gasteiger partial charge < -0.3 is 0 Å². The number of hydrogen-bond donors (Lipinski definition) is 0. The van der Waals surface area contributed by atoms with Crippen molar-refractivity contribution in [2.24, 2.45) is 0 Å². The lowest BCUT2D eigenvalue weighted by atomic mass is 10.1. The highest BCUT2D eigenvalue weighted by Gasteiger charge is 2.30. The van der Waals surface area contributed by atoms with E-state index in [0.717, 1.165) is 16.7 Å². The Bertz CT molecular complexity index is 1050. The Morgan fingerprint density at radius 1 is 1.21 bits per heavy atom. The molecule has 0 saturated carbocycles. The van der Waals surface area contributed by atoms with Gasteiger partial charge >= 0.3 is 6.18 Å². The first-order valence-corrected chi connectivity index (χ1v) is 7.68. The lowest BCUT2D eigenvalue weighted by Gasteiger charge is -2.11. The second-order valence-electron chi connectivity index (χ2n) is 4.93. The summed E-state index contributed by atoms with van der Waals surface area (Å²) >= 11 is 1.96. The molecule has 0 spiro atoms. The molecule has 0 aliphatic rings. The third-order valence-corrected chi connectivity index (χ3v) is 4.22. The maximum Gasteiger partial charge on any atom is 0.416 e. The van der Waals surface area contributed by atoms with Crippen LogP contribution in [0.2, 0.25) is 0 Å². The monoisotopic (exact) mass is 441 g/mol. The van der Waals surface area contributed by atoms with Gasteiger partial charge in [-0.05, 0) is 52.9 Å². The quantitative estimate of drug-likeness (QED) is 0.539.